The van der Waals surface area contributed by atoms with Gasteiger partial charge in [-0.2, -0.15) is 5.10 Å². The predicted molar refractivity (Wildman–Crippen MR) is 124 cm³/mol. The molecule has 0 aliphatic carbocycles. The van der Waals surface area contributed by atoms with Gasteiger partial charge in [0.2, 0.25) is 10.0 Å². The highest BCUT2D eigenvalue weighted by Gasteiger charge is 2.22. The molecule has 0 spiro atoms. The highest BCUT2D eigenvalue weighted by atomic mass is 35.5. The summed E-state index contributed by atoms with van der Waals surface area (Å²) in [5.41, 5.74) is 2.92. The molecule has 3 aromatic rings. The molecule has 0 bridgehead atoms. The first kappa shape index (κ1) is 23.9. The van der Waals surface area contributed by atoms with E-state index in [9.17, 15) is 23.3 Å². The van der Waals surface area contributed by atoms with Crippen LogP contribution in [0.2, 0.25) is 5.15 Å². The van der Waals surface area contributed by atoms with Gasteiger partial charge < -0.3 is 4.74 Å². The normalized spacial score (nSPS) is 11.5. The number of hydrogen-bond acceptors (Lipinski definition) is 8. The number of nitrogens with one attached hydrogen (secondary N) is 1. The number of anilines is 1. The fourth-order valence-electron chi connectivity index (χ4n) is 2.86. The van der Waals surface area contributed by atoms with Crippen molar-refractivity contribution >= 4 is 56.0 Å². The summed E-state index contributed by atoms with van der Waals surface area (Å²) < 4.78 is 30.2. The SMILES string of the molecule is COc1ccc2cc(/C=N\NC(=O)CN(c3cccc([N+](=O)[O-])c3)S(C)(=O)=O)c(Cl)nc2c1. The third kappa shape index (κ3) is 5.93. The second kappa shape index (κ2) is 9.79. The van der Waals surface area contributed by atoms with E-state index in [-0.39, 0.29) is 16.5 Å². The molecule has 11 nitrogen and oxygen atoms in total. The number of carbonyl (C=O) groups is 1. The van der Waals surface area contributed by atoms with Crippen LogP contribution in [0.15, 0.2) is 53.6 Å². The topological polar surface area (TPSA) is 144 Å². The molecule has 0 radical (unpaired) electrons. The number of ether oxygens (including phenoxy) is 1. The molecule has 1 aromatic heterocycles. The maximum Gasteiger partial charge on any atom is 0.271 e. The highest BCUT2D eigenvalue weighted by Crippen LogP contribution is 2.24. The van der Waals surface area contributed by atoms with Crippen molar-refractivity contribution in [1.82, 2.24) is 10.4 Å². The molecule has 3 rings (SSSR count). The molecule has 1 heterocycles. The zero-order chi connectivity index (χ0) is 24.2. The number of benzene rings is 2. The maximum atomic E-state index is 12.3. The van der Waals surface area contributed by atoms with Gasteiger partial charge in [0, 0.05) is 29.1 Å². The second-order valence-electron chi connectivity index (χ2n) is 6.77. The van der Waals surface area contributed by atoms with Gasteiger partial charge in [0.15, 0.2) is 0 Å². The summed E-state index contributed by atoms with van der Waals surface area (Å²) in [7, 11) is -2.37. The first-order valence-electron chi connectivity index (χ1n) is 9.27. The fraction of sp³-hybridized carbons (Fsp3) is 0.150. The van der Waals surface area contributed by atoms with E-state index in [0.717, 1.165) is 22.0 Å². The summed E-state index contributed by atoms with van der Waals surface area (Å²) >= 11 is 6.18. The first-order chi connectivity index (χ1) is 15.6. The Hall–Kier alpha value is -3.77. The number of nitro groups is 1. The van der Waals surface area contributed by atoms with Gasteiger partial charge in [-0.05, 0) is 24.3 Å². The molecule has 33 heavy (non-hydrogen) atoms. The molecule has 2 aromatic carbocycles. The van der Waals surface area contributed by atoms with E-state index in [4.69, 9.17) is 16.3 Å². The predicted octanol–water partition coefficient (Wildman–Crippen LogP) is 2.72. The number of aromatic nitrogens is 1. The molecule has 0 atom stereocenters. The van der Waals surface area contributed by atoms with Crippen LogP contribution in [0.4, 0.5) is 11.4 Å². The number of halogens is 1. The summed E-state index contributed by atoms with van der Waals surface area (Å²) in [6, 6.07) is 11.9. The van der Waals surface area contributed by atoms with E-state index >= 15 is 0 Å². The third-order valence-electron chi connectivity index (χ3n) is 4.41. The smallest absolute Gasteiger partial charge is 0.271 e. The Balaban J connectivity index is 1.76. The lowest BCUT2D eigenvalue weighted by atomic mass is 10.1. The number of rotatable bonds is 8. The zero-order valence-corrected chi connectivity index (χ0v) is 19.0. The number of sulfonamides is 1. The third-order valence-corrected chi connectivity index (χ3v) is 5.86. The molecule has 1 N–H and O–H groups in total. The fourth-order valence-corrected chi connectivity index (χ4v) is 3.90. The number of fused-ring (bicyclic) bond motifs is 1. The van der Waals surface area contributed by atoms with Crippen LogP contribution in [0.25, 0.3) is 10.9 Å². The van der Waals surface area contributed by atoms with Crippen LogP contribution in [-0.2, 0) is 14.8 Å². The highest BCUT2D eigenvalue weighted by molar-refractivity contribution is 7.92. The number of nitro benzene ring substituents is 1. The average Bonchev–Trinajstić information content (AvgIpc) is 2.76. The summed E-state index contributed by atoms with van der Waals surface area (Å²) in [5.74, 6) is -0.142. The molecule has 0 aliphatic rings. The molecule has 0 saturated heterocycles. The van der Waals surface area contributed by atoms with Crippen molar-refractivity contribution in [2.75, 3.05) is 24.2 Å². The van der Waals surface area contributed by atoms with Crippen LogP contribution in [0.3, 0.4) is 0 Å². The van der Waals surface area contributed by atoms with Crippen LogP contribution in [0.1, 0.15) is 5.56 Å². The number of non-ortho nitro benzene ring substituents is 1. The lowest BCUT2D eigenvalue weighted by Crippen LogP contribution is -2.39. The average molecular weight is 492 g/mol. The number of methoxy groups -OCH3 is 1. The van der Waals surface area contributed by atoms with Crippen molar-refractivity contribution in [3.8, 4) is 5.75 Å². The Bertz CT molecular complexity index is 1360. The second-order valence-corrected chi connectivity index (χ2v) is 9.03. The van der Waals surface area contributed by atoms with E-state index in [2.05, 4.69) is 15.5 Å². The van der Waals surface area contributed by atoms with E-state index in [1.807, 2.05) is 0 Å². The van der Waals surface area contributed by atoms with Gasteiger partial charge in [0.1, 0.15) is 17.4 Å². The van der Waals surface area contributed by atoms with Gasteiger partial charge >= 0.3 is 0 Å². The number of hydrazone groups is 1. The Kier molecular flexibility index (Phi) is 7.09. The Morgan fingerprint density at radius 2 is 2.06 bits per heavy atom. The minimum absolute atomic E-state index is 0.0250. The standard InChI is InChI=1S/C20H18ClN5O6S/c1-32-17-7-6-13-8-14(20(21)23-18(13)10-17)11-22-24-19(27)12-25(33(2,30)31)15-4-3-5-16(9-15)26(28)29/h3-11H,12H2,1-2H3,(H,24,27)/b22-11-. The van der Waals surface area contributed by atoms with Crippen molar-refractivity contribution in [1.29, 1.82) is 0 Å². The van der Waals surface area contributed by atoms with Crippen LogP contribution >= 0.6 is 11.6 Å². The lowest BCUT2D eigenvalue weighted by molar-refractivity contribution is -0.384. The van der Waals surface area contributed by atoms with Gasteiger partial charge in [0.05, 0.1) is 35.7 Å². The molecule has 0 fully saturated rings. The molecule has 13 heteroatoms. The quantitative estimate of drug-likeness (QED) is 0.221. The number of hydrogen-bond donors (Lipinski definition) is 1. The van der Waals surface area contributed by atoms with Gasteiger partial charge in [-0.25, -0.2) is 18.8 Å². The minimum atomic E-state index is -3.91. The Morgan fingerprint density at radius 1 is 1.30 bits per heavy atom. The Morgan fingerprint density at radius 3 is 2.73 bits per heavy atom. The number of pyridine rings is 1. The van der Waals surface area contributed by atoms with E-state index in [1.165, 1.54) is 31.5 Å². The molecular weight excluding hydrogens is 474 g/mol. The molecule has 1 amide bonds. The summed E-state index contributed by atoms with van der Waals surface area (Å²) in [4.78, 5) is 26.9. The molecular formula is C20H18ClN5O6S. The van der Waals surface area contributed by atoms with Crippen molar-refractivity contribution in [2.45, 2.75) is 0 Å². The van der Waals surface area contributed by atoms with Crippen molar-refractivity contribution < 1.29 is 22.9 Å². The molecule has 172 valence electrons. The van der Waals surface area contributed by atoms with Gasteiger partial charge in [0.25, 0.3) is 11.6 Å². The van der Waals surface area contributed by atoms with E-state index in [1.54, 1.807) is 24.3 Å². The Labute approximate surface area is 193 Å². The van der Waals surface area contributed by atoms with Gasteiger partial charge in [-0.1, -0.05) is 17.7 Å². The monoisotopic (exact) mass is 491 g/mol. The van der Waals surface area contributed by atoms with Gasteiger partial charge in [-0.3, -0.25) is 19.2 Å². The van der Waals surface area contributed by atoms with Crippen LogP contribution in [-0.4, -0.2) is 50.4 Å². The largest absolute Gasteiger partial charge is 0.497 e. The number of carbonyl (C=O) groups excluding carboxylic acids is 1. The van der Waals surface area contributed by atoms with Gasteiger partial charge in [-0.15, -0.1) is 0 Å². The first-order valence-corrected chi connectivity index (χ1v) is 11.5. The number of amides is 1. The van der Waals surface area contributed by atoms with Crippen LogP contribution in [0.5, 0.6) is 5.75 Å². The summed E-state index contributed by atoms with van der Waals surface area (Å²) in [5, 5.41) is 15.7. The van der Waals surface area contributed by atoms with Crippen molar-refractivity contribution in [3.05, 3.63) is 69.4 Å². The van der Waals surface area contributed by atoms with Crippen molar-refractivity contribution in [3.63, 3.8) is 0 Å². The van der Waals surface area contributed by atoms with Crippen LogP contribution in [0, 0.1) is 10.1 Å². The molecule has 0 unspecified atom stereocenters. The molecule has 0 saturated carbocycles. The van der Waals surface area contributed by atoms with E-state index in [0.29, 0.717) is 16.8 Å². The summed E-state index contributed by atoms with van der Waals surface area (Å²) in [6.45, 7) is -0.638. The van der Waals surface area contributed by atoms with Crippen LogP contribution < -0.4 is 14.5 Å². The van der Waals surface area contributed by atoms with E-state index < -0.39 is 27.4 Å². The summed E-state index contributed by atoms with van der Waals surface area (Å²) in [6.07, 6.45) is 2.16. The lowest BCUT2D eigenvalue weighted by Gasteiger charge is -2.21. The maximum absolute atomic E-state index is 12.3. The molecule has 0 aliphatic heterocycles. The van der Waals surface area contributed by atoms with Crippen molar-refractivity contribution in [2.24, 2.45) is 5.10 Å². The number of nitrogens with zero attached hydrogens (tertiary/aromatic N) is 4. The zero-order valence-electron chi connectivity index (χ0n) is 17.4. The minimum Gasteiger partial charge on any atom is -0.497 e.